The molecule has 0 saturated carbocycles. The van der Waals surface area contributed by atoms with Crippen molar-refractivity contribution in [1.82, 2.24) is 0 Å². The summed E-state index contributed by atoms with van der Waals surface area (Å²) in [5.74, 6) is 0.914. The van der Waals surface area contributed by atoms with Gasteiger partial charge < -0.3 is 0 Å². The molecule has 0 aliphatic heterocycles. The first-order chi connectivity index (χ1) is 4.95. The molecular formula is C8H16N2S. The number of hydrogen-bond donors (Lipinski definition) is 2. The van der Waals surface area contributed by atoms with E-state index in [0.717, 1.165) is 5.04 Å². The lowest BCUT2D eigenvalue weighted by Gasteiger charge is -2.05. The fourth-order valence-corrected chi connectivity index (χ4v) is 0.489. The smallest absolute Gasteiger partial charge is 0.123 e. The molecule has 1 N–H and O–H groups in total. The molecule has 0 saturated heterocycles. The van der Waals surface area contributed by atoms with Gasteiger partial charge in [0.05, 0.1) is 5.04 Å². The summed E-state index contributed by atoms with van der Waals surface area (Å²) in [6, 6.07) is 0. The van der Waals surface area contributed by atoms with Gasteiger partial charge in [0.15, 0.2) is 0 Å². The molecule has 0 aliphatic carbocycles. The Morgan fingerprint density at radius 3 is 1.91 bits per heavy atom. The van der Waals surface area contributed by atoms with Gasteiger partial charge in [-0.2, -0.15) is 0 Å². The summed E-state index contributed by atoms with van der Waals surface area (Å²) in [5.41, 5.74) is 0. The molecule has 0 aromatic rings. The van der Waals surface area contributed by atoms with Crippen LogP contribution in [0.25, 0.3) is 0 Å². The van der Waals surface area contributed by atoms with E-state index in [9.17, 15) is 0 Å². The summed E-state index contributed by atoms with van der Waals surface area (Å²) >= 11 is 4.17. The highest BCUT2D eigenvalue weighted by Gasteiger charge is 2.03. The van der Waals surface area contributed by atoms with Crippen LogP contribution in [0.5, 0.6) is 0 Å². The zero-order chi connectivity index (χ0) is 9.02. The van der Waals surface area contributed by atoms with Gasteiger partial charge in [0.25, 0.3) is 0 Å². The van der Waals surface area contributed by atoms with Crippen molar-refractivity contribution in [2.24, 2.45) is 16.8 Å². The van der Waals surface area contributed by atoms with Crippen molar-refractivity contribution in [2.75, 3.05) is 0 Å². The molecule has 0 bridgehead atoms. The van der Waals surface area contributed by atoms with Crippen LogP contribution in [0.2, 0.25) is 0 Å². The summed E-state index contributed by atoms with van der Waals surface area (Å²) in [7, 11) is 0. The zero-order valence-corrected chi connectivity index (χ0v) is 8.44. The second kappa shape index (κ2) is 4.54. The maximum atomic E-state index is 7.43. The average Bonchev–Trinajstić information content (AvgIpc) is 1.87. The Morgan fingerprint density at radius 1 is 1.18 bits per heavy atom. The Balaban J connectivity index is 4.20. The van der Waals surface area contributed by atoms with E-state index in [1.165, 1.54) is 0 Å². The number of rotatable bonds is 2. The predicted molar refractivity (Wildman–Crippen MR) is 53.8 cm³/mol. The van der Waals surface area contributed by atoms with E-state index < -0.39 is 0 Å². The van der Waals surface area contributed by atoms with Gasteiger partial charge in [-0.1, -0.05) is 27.7 Å². The van der Waals surface area contributed by atoms with E-state index in [-0.39, 0.29) is 5.92 Å². The van der Waals surface area contributed by atoms with Crippen LogP contribution in [0.4, 0.5) is 0 Å². The van der Waals surface area contributed by atoms with E-state index >= 15 is 0 Å². The summed E-state index contributed by atoms with van der Waals surface area (Å²) in [4.78, 5) is 4.04. The third kappa shape index (κ3) is 4.19. The van der Waals surface area contributed by atoms with E-state index in [1.54, 1.807) is 0 Å². The van der Waals surface area contributed by atoms with Crippen molar-refractivity contribution >= 4 is 23.5 Å². The Kier molecular flexibility index (Phi) is 4.42. The fraction of sp³-hybridized carbons (Fsp3) is 0.750. The van der Waals surface area contributed by atoms with Crippen LogP contribution in [0.15, 0.2) is 4.99 Å². The molecule has 0 unspecified atom stereocenters. The van der Waals surface area contributed by atoms with Crippen molar-refractivity contribution in [3.63, 3.8) is 0 Å². The van der Waals surface area contributed by atoms with Gasteiger partial charge in [-0.3, -0.25) is 5.41 Å². The Bertz CT molecular complexity index is 171. The minimum Gasteiger partial charge on any atom is -0.286 e. The maximum absolute atomic E-state index is 7.43. The van der Waals surface area contributed by atoms with Gasteiger partial charge >= 0.3 is 0 Å². The number of amidine groups is 1. The third-order valence-electron chi connectivity index (χ3n) is 1.30. The van der Waals surface area contributed by atoms with Gasteiger partial charge in [0.2, 0.25) is 0 Å². The Labute approximate surface area is 74.0 Å². The Morgan fingerprint density at radius 2 is 1.64 bits per heavy atom. The van der Waals surface area contributed by atoms with Crippen LogP contribution < -0.4 is 0 Å². The Hall–Kier alpha value is -0.310. The number of thiol groups is 1. The predicted octanol–water partition coefficient (Wildman–Crippen LogP) is 2.60. The highest BCUT2D eigenvalue weighted by Crippen LogP contribution is 2.04. The van der Waals surface area contributed by atoms with Crippen LogP contribution in [0.1, 0.15) is 27.7 Å². The number of nitrogens with one attached hydrogen (secondary N) is 1. The SMILES string of the molecule is CC(C)C(=N)/N=C(\S)C(C)C. The van der Waals surface area contributed by atoms with Gasteiger partial charge in [-0.15, -0.1) is 12.6 Å². The largest absolute Gasteiger partial charge is 0.286 e. The maximum Gasteiger partial charge on any atom is 0.123 e. The molecule has 0 rings (SSSR count). The lowest BCUT2D eigenvalue weighted by molar-refractivity contribution is 0.856. The summed E-state index contributed by atoms with van der Waals surface area (Å²) in [6.07, 6.45) is 0. The number of nitrogens with zero attached hydrogens (tertiary/aromatic N) is 1. The topological polar surface area (TPSA) is 36.2 Å². The van der Waals surface area contributed by atoms with Crippen molar-refractivity contribution in [1.29, 1.82) is 5.41 Å². The van der Waals surface area contributed by atoms with Gasteiger partial charge in [-0.05, 0) is 0 Å². The molecular weight excluding hydrogens is 156 g/mol. The second-order valence-electron chi connectivity index (χ2n) is 3.16. The molecule has 0 aliphatic rings. The standard InChI is InChI=1S/C8H16N2S/c1-5(2)7(9)10-8(11)6(3)4/h5-6H,1-4H3,(H2,9,10,11). The van der Waals surface area contributed by atoms with E-state index in [1.807, 2.05) is 27.7 Å². The lowest BCUT2D eigenvalue weighted by atomic mass is 10.2. The van der Waals surface area contributed by atoms with E-state index in [2.05, 4.69) is 17.6 Å². The van der Waals surface area contributed by atoms with Crippen molar-refractivity contribution in [3.8, 4) is 0 Å². The highest BCUT2D eigenvalue weighted by atomic mass is 32.1. The molecule has 0 fully saturated rings. The van der Waals surface area contributed by atoms with Crippen LogP contribution >= 0.6 is 12.6 Å². The molecule has 0 radical (unpaired) electrons. The van der Waals surface area contributed by atoms with Gasteiger partial charge in [-0.25, -0.2) is 4.99 Å². The van der Waals surface area contributed by atoms with Crippen LogP contribution in [0, 0.1) is 17.2 Å². The minimum atomic E-state index is 0.191. The van der Waals surface area contributed by atoms with Crippen molar-refractivity contribution in [3.05, 3.63) is 0 Å². The highest BCUT2D eigenvalue weighted by molar-refractivity contribution is 7.97. The third-order valence-corrected chi connectivity index (χ3v) is 1.91. The van der Waals surface area contributed by atoms with E-state index in [4.69, 9.17) is 5.41 Å². The molecule has 0 aromatic carbocycles. The molecule has 0 atom stereocenters. The number of hydrogen-bond acceptors (Lipinski definition) is 1. The fourth-order valence-electron chi connectivity index (χ4n) is 0.382. The molecule has 0 spiro atoms. The summed E-state index contributed by atoms with van der Waals surface area (Å²) in [5, 5.41) is 8.17. The van der Waals surface area contributed by atoms with Crippen LogP contribution in [-0.4, -0.2) is 10.9 Å². The first kappa shape index (κ1) is 10.7. The first-order valence-electron chi connectivity index (χ1n) is 3.81. The lowest BCUT2D eigenvalue weighted by Crippen LogP contribution is -2.07. The molecule has 11 heavy (non-hydrogen) atoms. The average molecular weight is 172 g/mol. The number of aliphatic imine (C=N–C) groups is 1. The monoisotopic (exact) mass is 172 g/mol. The molecule has 3 heteroatoms. The molecule has 64 valence electrons. The van der Waals surface area contributed by atoms with E-state index in [0.29, 0.717) is 11.8 Å². The van der Waals surface area contributed by atoms with Crippen LogP contribution in [-0.2, 0) is 0 Å². The molecule has 0 aromatic heterocycles. The van der Waals surface area contributed by atoms with Crippen LogP contribution in [0.3, 0.4) is 0 Å². The summed E-state index contributed by atoms with van der Waals surface area (Å²) < 4.78 is 0. The minimum absolute atomic E-state index is 0.191. The van der Waals surface area contributed by atoms with Gasteiger partial charge in [0.1, 0.15) is 5.84 Å². The second-order valence-corrected chi connectivity index (χ2v) is 3.62. The van der Waals surface area contributed by atoms with Crippen molar-refractivity contribution in [2.45, 2.75) is 27.7 Å². The summed E-state index contributed by atoms with van der Waals surface area (Å²) in [6.45, 7) is 7.93. The molecule has 0 amide bonds. The quantitative estimate of drug-likeness (QED) is 0.365. The first-order valence-corrected chi connectivity index (χ1v) is 4.25. The zero-order valence-electron chi connectivity index (χ0n) is 7.55. The normalized spacial score (nSPS) is 12.8. The molecule has 0 heterocycles. The van der Waals surface area contributed by atoms with Crippen molar-refractivity contribution < 1.29 is 0 Å². The van der Waals surface area contributed by atoms with Gasteiger partial charge in [0, 0.05) is 11.8 Å². The molecule has 2 nitrogen and oxygen atoms in total.